The first-order chi connectivity index (χ1) is 8.34. The van der Waals surface area contributed by atoms with Gasteiger partial charge in [-0.2, -0.15) is 0 Å². The van der Waals surface area contributed by atoms with Crippen molar-refractivity contribution in [2.24, 2.45) is 0 Å². The zero-order chi connectivity index (χ0) is 11.7. The molecule has 2 aliphatic rings. The molecule has 0 saturated carbocycles. The minimum Gasteiger partial charge on any atom is -0.399 e. The second-order valence-electron chi connectivity index (χ2n) is 5.46. The Balaban J connectivity index is 1.88. The number of anilines is 1. The standard InChI is InChI=1S/C15H22N2/c16-13-7-8-14-12(11-13)5-4-6-15(14)17-9-2-1-3-10-17/h7-8,11,15H,1-6,9-10,16H2. The average Bonchev–Trinajstić information content (AvgIpc) is 2.39. The summed E-state index contributed by atoms with van der Waals surface area (Å²) in [7, 11) is 0. The molecule has 92 valence electrons. The molecule has 17 heavy (non-hydrogen) atoms. The van der Waals surface area contributed by atoms with E-state index in [9.17, 15) is 0 Å². The molecule has 1 aromatic rings. The Labute approximate surface area is 104 Å². The molecule has 0 amide bonds. The van der Waals surface area contributed by atoms with Crippen LogP contribution in [-0.4, -0.2) is 18.0 Å². The third-order valence-electron chi connectivity index (χ3n) is 4.28. The molecule has 1 saturated heterocycles. The van der Waals surface area contributed by atoms with Crippen molar-refractivity contribution in [1.82, 2.24) is 4.90 Å². The Hall–Kier alpha value is -1.02. The summed E-state index contributed by atoms with van der Waals surface area (Å²) < 4.78 is 0. The van der Waals surface area contributed by atoms with Gasteiger partial charge in [0.25, 0.3) is 0 Å². The van der Waals surface area contributed by atoms with Gasteiger partial charge in [-0.05, 0) is 68.5 Å². The first-order valence-electron chi connectivity index (χ1n) is 6.97. The van der Waals surface area contributed by atoms with Crippen LogP contribution in [-0.2, 0) is 6.42 Å². The Kier molecular flexibility index (Phi) is 3.06. The number of nitrogen functional groups attached to an aromatic ring is 1. The van der Waals surface area contributed by atoms with Gasteiger partial charge in [-0.25, -0.2) is 0 Å². The van der Waals surface area contributed by atoms with Crippen molar-refractivity contribution in [3.05, 3.63) is 29.3 Å². The van der Waals surface area contributed by atoms with Crippen LogP contribution in [0.15, 0.2) is 18.2 Å². The minimum atomic E-state index is 0.666. The quantitative estimate of drug-likeness (QED) is 0.751. The summed E-state index contributed by atoms with van der Waals surface area (Å²) in [4.78, 5) is 2.69. The van der Waals surface area contributed by atoms with Crippen molar-refractivity contribution in [3.8, 4) is 0 Å². The zero-order valence-corrected chi connectivity index (χ0v) is 10.5. The third kappa shape index (κ3) is 2.19. The van der Waals surface area contributed by atoms with Crippen LogP contribution < -0.4 is 5.73 Å². The second kappa shape index (κ2) is 4.69. The highest BCUT2D eigenvalue weighted by molar-refractivity contribution is 5.46. The average molecular weight is 230 g/mol. The van der Waals surface area contributed by atoms with E-state index in [2.05, 4.69) is 23.1 Å². The number of fused-ring (bicyclic) bond motifs is 1. The molecule has 0 spiro atoms. The van der Waals surface area contributed by atoms with Gasteiger partial charge in [0.2, 0.25) is 0 Å². The molecule has 1 fully saturated rings. The third-order valence-corrected chi connectivity index (χ3v) is 4.28. The molecule has 0 radical (unpaired) electrons. The van der Waals surface area contributed by atoms with Crippen LogP contribution in [0.1, 0.15) is 49.3 Å². The van der Waals surface area contributed by atoms with Crippen molar-refractivity contribution in [3.63, 3.8) is 0 Å². The Morgan fingerprint density at radius 1 is 1.06 bits per heavy atom. The van der Waals surface area contributed by atoms with E-state index in [1.807, 2.05) is 0 Å². The maximum Gasteiger partial charge on any atom is 0.0350 e. The summed E-state index contributed by atoms with van der Waals surface area (Å²) in [6.45, 7) is 2.57. The van der Waals surface area contributed by atoms with E-state index < -0.39 is 0 Å². The van der Waals surface area contributed by atoms with Crippen molar-refractivity contribution in [1.29, 1.82) is 0 Å². The SMILES string of the molecule is Nc1ccc2c(c1)CCCC2N1CCCCC1. The summed E-state index contributed by atoms with van der Waals surface area (Å²) in [6, 6.07) is 7.19. The van der Waals surface area contributed by atoms with Gasteiger partial charge in [-0.1, -0.05) is 12.5 Å². The fourth-order valence-corrected chi connectivity index (χ4v) is 3.42. The molecule has 2 N–H and O–H groups in total. The van der Waals surface area contributed by atoms with E-state index in [0.29, 0.717) is 6.04 Å². The lowest BCUT2D eigenvalue weighted by atomic mass is 9.85. The molecule has 1 unspecified atom stereocenters. The smallest absolute Gasteiger partial charge is 0.0350 e. The summed E-state index contributed by atoms with van der Waals surface area (Å²) in [5, 5.41) is 0. The number of likely N-dealkylation sites (tertiary alicyclic amines) is 1. The van der Waals surface area contributed by atoms with Crippen molar-refractivity contribution >= 4 is 5.69 Å². The zero-order valence-electron chi connectivity index (χ0n) is 10.5. The molecule has 2 nitrogen and oxygen atoms in total. The monoisotopic (exact) mass is 230 g/mol. The number of nitrogens with two attached hydrogens (primary N) is 1. The Morgan fingerprint density at radius 3 is 2.71 bits per heavy atom. The highest BCUT2D eigenvalue weighted by Gasteiger charge is 2.26. The predicted molar refractivity (Wildman–Crippen MR) is 72.0 cm³/mol. The molecule has 0 bridgehead atoms. The molecule has 2 heteroatoms. The van der Waals surface area contributed by atoms with Gasteiger partial charge in [-0.3, -0.25) is 4.90 Å². The molecule has 1 atom stereocenters. The van der Waals surface area contributed by atoms with E-state index in [1.165, 1.54) is 57.2 Å². The second-order valence-corrected chi connectivity index (χ2v) is 5.46. The van der Waals surface area contributed by atoms with E-state index in [-0.39, 0.29) is 0 Å². The fourth-order valence-electron chi connectivity index (χ4n) is 3.42. The van der Waals surface area contributed by atoms with Crippen LogP contribution in [0.3, 0.4) is 0 Å². The maximum atomic E-state index is 5.89. The molecule has 1 heterocycles. The van der Waals surface area contributed by atoms with Crippen LogP contribution in [0.2, 0.25) is 0 Å². The normalized spacial score (nSPS) is 25.5. The number of benzene rings is 1. The van der Waals surface area contributed by atoms with Gasteiger partial charge in [0, 0.05) is 11.7 Å². The van der Waals surface area contributed by atoms with Gasteiger partial charge >= 0.3 is 0 Å². The largest absolute Gasteiger partial charge is 0.399 e. The topological polar surface area (TPSA) is 29.3 Å². The number of hydrogen-bond donors (Lipinski definition) is 1. The van der Waals surface area contributed by atoms with E-state index in [4.69, 9.17) is 5.73 Å². The van der Waals surface area contributed by atoms with Crippen molar-refractivity contribution in [2.45, 2.75) is 44.6 Å². The summed E-state index contributed by atoms with van der Waals surface area (Å²) >= 11 is 0. The van der Waals surface area contributed by atoms with Gasteiger partial charge in [0.05, 0.1) is 0 Å². The van der Waals surface area contributed by atoms with E-state index >= 15 is 0 Å². The van der Waals surface area contributed by atoms with Gasteiger partial charge < -0.3 is 5.73 Å². The predicted octanol–water partition coefficient (Wildman–Crippen LogP) is 3.13. The summed E-state index contributed by atoms with van der Waals surface area (Å²) in [5.74, 6) is 0. The van der Waals surface area contributed by atoms with Crippen LogP contribution in [0.25, 0.3) is 0 Å². The van der Waals surface area contributed by atoms with Crippen LogP contribution in [0.4, 0.5) is 5.69 Å². The lowest BCUT2D eigenvalue weighted by Crippen LogP contribution is -2.35. The fraction of sp³-hybridized carbons (Fsp3) is 0.600. The van der Waals surface area contributed by atoms with Gasteiger partial charge in [0.15, 0.2) is 0 Å². The molecule has 1 aromatic carbocycles. The van der Waals surface area contributed by atoms with Crippen LogP contribution >= 0.6 is 0 Å². The Morgan fingerprint density at radius 2 is 1.88 bits per heavy atom. The van der Waals surface area contributed by atoms with E-state index in [1.54, 1.807) is 5.56 Å². The molecular weight excluding hydrogens is 208 g/mol. The number of aryl methyl sites for hydroxylation is 1. The first-order valence-corrected chi connectivity index (χ1v) is 6.97. The molecule has 0 aromatic heterocycles. The molecule has 1 aliphatic heterocycles. The molecular formula is C15H22N2. The van der Waals surface area contributed by atoms with Crippen LogP contribution in [0, 0.1) is 0 Å². The molecule has 1 aliphatic carbocycles. The molecule has 3 rings (SSSR count). The lowest BCUT2D eigenvalue weighted by molar-refractivity contribution is 0.148. The summed E-state index contributed by atoms with van der Waals surface area (Å²) in [5.41, 5.74) is 9.85. The number of hydrogen-bond acceptors (Lipinski definition) is 2. The minimum absolute atomic E-state index is 0.666. The highest BCUT2D eigenvalue weighted by Crippen LogP contribution is 2.36. The van der Waals surface area contributed by atoms with Gasteiger partial charge in [0.1, 0.15) is 0 Å². The highest BCUT2D eigenvalue weighted by atomic mass is 15.2. The number of piperidine rings is 1. The van der Waals surface area contributed by atoms with E-state index in [0.717, 1.165) is 5.69 Å². The van der Waals surface area contributed by atoms with Gasteiger partial charge in [-0.15, -0.1) is 0 Å². The summed E-state index contributed by atoms with van der Waals surface area (Å²) in [6.07, 6.45) is 8.03. The number of nitrogens with zero attached hydrogens (tertiary/aromatic N) is 1. The van der Waals surface area contributed by atoms with Crippen molar-refractivity contribution in [2.75, 3.05) is 18.8 Å². The van der Waals surface area contributed by atoms with Crippen molar-refractivity contribution < 1.29 is 0 Å². The number of rotatable bonds is 1. The first kappa shape index (κ1) is 11.1. The lowest BCUT2D eigenvalue weighted by Gasteiger charge is -2.38. The Bertz CT molecular complexity index is 394. The van der Waals surface area contributed by atoms with Crippen LogP contribution in [0.5, 0.6) is 0 Å². The maximum absolute atomic E-state index is 5.89.